The average molecular weight is 278 g/mol. The van der Waals surface area contributed by atoms with Gasteiger partial charge in [0.25, 0.3) is 5.91 Å². The third kappa shape index (κ3) is 3.63. The Kier molecular flexibility index (Phi) is 4.45. The van der Waals surface area contributed by atoms with Gasteiger partial charge in [-0.15, -0.1) is 0 Å². The van der Waals surface area contributed by atoms with Crippen molar-refractivity contribution in [2.45, 2.75) is 12.8 Å². The minimum absolute atomic E-state index is 0.117. The number of piperidine rings is 1. The summed E-state index contributed by atoms with van der Waals surface area (Å²) in [7, 11) is 0. The third-order valence-corrected chi connectivity index (χ3v) is 3.47. The van der Waals surface area contributed by atoms with Crippen LogP contribution < -0.4 is 5.32 Å². The number of nitrogens with one attached hydrogen (secondary N) is 1. The fraction of sp³-hybridized carbons (Fsp3) is 0.429. The summed E-state index contributed by atoms with van der Waals surface area (Å²) < 4.78 is 0. The van der Waals surface area contributed by atoms with Gasteiger partial charge in [0.15, 0.2) is 0 Å². The standard InChI is InChI=1S/C14H18N2O4/c17-12-5-3-11(4-6-12)13(18)15-8-10-2-1-7-16(9-10)14(19)20/h3-6,10,17H,1-2,7-9H2,(H,15,18)(H,19,20). The maximum Gasteiger partial charge on any atom is 0.407 e. The Morgan fingerprint density at radius 3 is 2.65 bits per heavy atom. The molecule has 1 aromatic carbocycles. The second-order valence-corrected chi connectivity index (χ2v) is 4.99. The Labute approximate surface area is 117 Å². The lowest BCUT2D eigenvalue weighted by Gasteiger charge is -2.30. The van der Waals surface area contributed by atoms with Gasteiger partial charge in [0, 0.05) is 25.2 Å². The maximum atomic E-state index is 11.9. The molecule has 1 aliphatic heterocycles. The smallest absolute Gasteiger partial charge is 0.407 e. The van der Waals surface area contributed by atoms with Crippen LogP contribution in [0.15, 0.2) is 24.3 Å². The van der Waals surface area contributed by atoms with Crippen molar-refractivity contribution in [1.29, 1.82) is 0 Å². The molecule has 6 nitrogen and oxygen atoms in total. The largest absolute Gasteiger partial charge is 0.508 e. The fourth-order valence-electron chi connectivity index (χ4n) is 2.36. The quantitative estimate of drug-likeness (QED) is 0.781. The lowest BCUT2D eigenvalue weighted by atomic mass is 9.98. The zero-order chi connectivity index (χ0) is 14.5. The van der Waals surface area contributed by atoms with Gasteiger partial charge < -0.3 is 20.4 Å². The molecule has 1 aromatic rings. The van der Waals surface area contributed by atoms with E-state index < -0.39 is 6.09 Å². The summed E-state index contributed by atoms with van der Waals surface area (Å²) in [6.45, 7) is 1.49. The molecule has 1 fully saturated rings. The summed E-state index contributed by atoms with van der Waals surface area (Å²) in [6.07, 6.45) is 0.839. The molecule has 1 heterocycles. The number of aromatic hydroxyl groups is 1. The molecule has 20 heavy (non-hydrogen) atoms. The van der Waals surface area contributed by atoms with Crippen molar-refractivity contribution in [2.75, 3.05) is 19.6 Å². The number of benzene rings is 1. The van der Waals surface area contributed by atoms with Crippen molar-refractivity contribution in [1.82, 2.24) is 10.2 Å². The summed E-state index contributed by atoms with van der Waals surface area (Å²) in [5.74, 6) is 0.0595. The molecular weight excluding hydrogens is 260 g/mol. The van der Waals surface area contributed by atoms with Crippen LogP contribution in [0.5, 0.6) is 5.75 Å². The van der Waals surface area contributed by atoms with Crippen LogP contribution in [0, 0.1) is 5.92 Å². The minimum Gasteiger partial charge on any atom is -0.508 e. The summed E-state index contributed by atoms with van der Waals surface area (Å²) >= 11 is 0. The molecule has 0 spiro atoms. The van der Waals surface area contributed by atoms with Gasteiger partial charge >= 0.3 is 6.09 Å². The van der Waals surface area contributed by atoms with E-state index in [-0.39, 0.29) is 17.6 Å². The zero-order valence-corrected chi connectivity index (χ0v) is 11.1. The van der Waals surface area contributed by atoms with E-state index in [0.29, 0.717) is 25.2 Å². The summed E-state index contributed by atoms with van der Waals surface area (Å²) in [5.41, 5.74) is 0.480. The molecule has 0 aromatic heterocycles. The molecule has 6 heteroatoms. The zero-order valence-electron chi connectivity index (χ0n) is 11.1. The van der Waals surface area contributed by atoms with Gasteiger partial charge in [-0.2, -0.15) is 0 Å². The van der Waals surface area contributed by atoms with Crippen molar-refractivity contribution in [2.24, 2.45) is 5.92 Å². The number of hydrogen-bond acceptors (Lipinski definition) is 3. The molecule has 1 unspecified atom stereocenters. The number of phenolic OH excluding ortho intramolecular Hbond substituents is 1. The maximum absolute atomic E-state index is 11.9. The van der Waals surface area contributed by atoms with E-state index >= 15 is 0 Å². The number of phenols is 1. The normalized spacial score (nSPS) is 18.6. The monoisotopic (exact) mass is 278 g/mol. The van der Waals surface area contributed by atoms with E-state index in [2.05, 4.69) is 5.32 Å². The SMILES string of the molecule is O=C(NCC1CCCN(C(=O)O)C1)c1ccc(O)cc1. The van der Waals surface area contributed by atoms with E-state index in [1.807, 2.05) is 0 Å². The number of nitrogens with zero attached hydrogens (tertiary/aromatic N) is 1. The van der Waals surface area contributed by atoms with Gasteiger partial charge in [-0.05, 0) is 43.0 Å². The van der Waals surface area contributed by atoms with Crippen molar-refractivity contribution >= 4 is 12.0 Å². The highest BCUT2D eigenvalue weighted by atomic mass is 16.4. The minimum atomic E-state index is -0.903. The first kappa shape index (κ1) is 14.2. The molecule has 1 atom stereocenters. The lowest BCUT2D eigenvalue weighted by Crippen LogP contribution is -2.43. The first-order valence-electron chi connectivity index (χ1n) is 6.61. The van der Waals surface area contributed by atoms with Crippen LogP contribution >= 0.6 is 0 Å². The van der Waals surface area contributed by atoms with Gasteiger partial charge in [0.1, 0.15) is 5.75 Å². The van der Waals surface area contributed by atoms with E-state index in [1.54, 1.807) is 12.1 Å². The number of amides is 2. The Morgan fingerprint density at radius 1 is 1.30 bits per heavy atom. The molecule has 0 radical (unpaired) electrons. The molecular formula is C14H18N2O4. The summed E-state index contributed by atoms with van der Waals surface area (Å²) in [4.78, 5) is 24.2. The summed E-state index contributed by atoms with van der Waals surface area (Å²) in [6, 6.07) is 6.02. The lowest BCUT2D eigenvalue weighted by molar-refractivity contribution is 0.0928. The Balaban J connectivity index is 1.84. The highest BCUT2D eigenvalue weighted by Gasteiger charge is 2.23. The molecule has 1 saturated heterocycles. The predicted molar refractivity (Wildman–Crippen MR) is 72.8 cm³/mol. The molecule has 2 amide bonds. The fourth-order valence-corrected chi connectivity index (χ4v) is 2.36. The molecule has 1 aliphatic rings. The van der Waals surface area contributed by atoms with Crippen LogP contribution in [0.2, 0.25) is 0 Å². The van der Waals surface area contributed by atoms with Gasteiger partial charge in [-0.25, -0.2) is 4.79 Å². The second-order valence-electron chi connectivity index (χ2n) is 4.99. The Bertz CT molecular complexity index is 486. The van der Waals surface area contributed by atoms with Crippen LogP contribution in [0.3, 0.4) is 0 Å². The average Bonchev–Trinajstić information content (AvgIpc) is 2.46. The van der Waals surface area contributed by atoms with Crippen LogP contribution in [0.4, 0.5) is 4.79 Å². The predicted octanol–water partition coefficient (Wildman–Crippen LogP) is 1.51. The van der Waals surface area contributed by atoms with E-state index in [9.17, 15) is 9.59 Å². The van der Waals surface area contributed by atoms with E-state index in [1.165, 1.54) is 17.0 Å². The Morgan fingerprint density at radius 2 is 2.00 bits per heavy atom. The van der Waals surface area contributed by atoms with Crippen molar-refractivity contribution in [3.05, 3.63) is 29.8 Å². The molecule has 0 aliphatic carbocycles. The molecule has 3 N–H and O–H groups in total. The number of likely N-dealkylation sites (tertiary alicyclic amines) is 1. The number of carbonyl (C=O) groups is 2. The molecule has 2 rings (SSSR count). The van der Waals surface area contributed by atoms with Crippen LogP contribution in [-0.2, 0) is 0 Å². The third-order valence-electron chi connectivity index (χ3n) is 3.47. The molecule has 0 saturated carbocycles. The first-order chi connectivity index (χ1) is 9.56. The van der Waals surface area contributed by atoms with Crippen LogP contribution in [-0.4, -0.2) is 46.7 Å². The first-order valence-corrected chi connectivity index (χ1v) is 6.61. The number of carboxylic acid groups (broad SMARTS) is 1. The van der Waals surface area contributed by atoms with E-state index in [4.69, 9.17) is 10.2 Å². The Hall–Kier alpha value is -2.24. The van der Waals surface area contributed by atoms with Gasteiger partial charge in [-0.3, -0.25) is 4.79 Å². The number of hydrogen-bond donors (Lipinski definition) is 3. The van der Waals surface area contributed by atoms with Gasteiger partial charge in [0.05, 0.1) is 0 Å². The van der Waals surface area contributed by atoms with Crippen LogP contribution in [0.1, 0.15) is 23.2 Å². The van der Waals surface area contributed by atoms with Crippen LogP contribution in [0.25, 0.3) is 0 Å². The number of carbonyl (C=O) groups excluding carboxylic acids is 1. The van der Waals surface area contributed by atoms with Crippen molar-refractivity contribution in [3.8, 4) is 5.75 Å². The highest BCUT2D eigenvalue weighted by Crippen LogP contribution is 2.16. The van der Waals surface area contributed by atoms with Gasteiger partial charge in [0.2, 0.25) is 0 Å². The van der Waals surface area contributed by atoms with Gasteiger partial charge in [-0.1, -0.05) is 0 Å². The van der Waals surface area contributed by atoms with Crippen molar-refractivity contribution in [3.63, 3.8) is 0 Å². The number of rotatable bonds is 3. The second kappa shape index (κ2) is 6.27. The summed E-state index contributed by atoms with van der Waals surface area (Å²) in [5, 5.41) is 20.9. The topological polar surface area (TPSA) is 89.9 Å². The van der Waals surface area contributed by atoms with E-state index in [0.717, 1.165) is 12.8 Å². The molecule has 108 valence electrons. The van der Waals surface area contributed by atoms with Crippen molar-refractivity contribution < 1.29 is 19.8 Å². The molecule has 0 bridgehead atoms. The highest BCUT2D eigenvalue weighted by molar-refractivity contribution is 5.94.